The molecule has 0 amide bonds. The van der Waals surface area contributed by atoms with Crippen molar-refractivity contribution in [3.8, 4) is 0 Å². The number of rotatable bonds is 5. The molecule has 0 aromatic heterocycles. The number of methoxy groups -OCH3 is 1. The Morgan fingerprint density at radius 1 is 1.15 bits per heavy atom. The molecule has 0 heterocycles. The molecule has 4 heteroatoms. The monoisotopic (exact) mass is 271 g/mol. The third-order valence-electron chi connectivity index (χ3n) is 3.30. The largest absolute Gasteiger partial charge is 0.469 e. The molecular weight excluding hydrogens is 254 g/mol. The van der Waals surface area contributed by atoms with Crippen LogP contribution in [0.3, 0.4) is 0 Å². The first kappa shape index (κ1) is 14.2. The van der Waals surface area contributed by atoms with Crippen LogP contribution in [-0.4, -0.2) is 32.0 Å². The highest BCUT2D eigenvalue weighted by Gasteiger charge is 2.21. The molecule has 2 aromatic rings. The first-order valence-corrected chi connectivity index (χ1v) is 6.43. The van der Waals surface area contributed by atoms with Gasteiger partial charge in [-0.1, -0.05) is 36.4 Å². The molecule has 0 aliphatic heterocycles. The van der Waals surface area contributed by atoms with Crippen LogP contribution in [0.2, 0.25) is 0 Å². The minimum Gasteiger partial charge on any atom is -0.469 e. The van der Waals surface area contributed by atoms with E-state index in [4.69, 9.17) is 0 Å². The van der Waals surface area contributed by atoms with Gasteiger partial charge >= 0.3 is 5.97 Å². The molecular formula is C16H17NO3. The second-order valence-corrected chi connectivity index (χ2v) is 4.55. The van der Waals surface area contributed by atoms with Gasteiger partial charge in [0.2, 0.25) is 0 Å². The minimum absolute atomic E-state index is 0.0264. The Morgan fingerprint density at radius 3 is 2.50 bits per heavy atom. The second kappa shape index (κ2) is 6.30. The van der Waals surface area contributed by atoms with Crippen molar-refractivity contribution in [2.24, 2.45) is 0 Å². The van der Waals surface area contributed by atoms with Crippen molar-refractivity contribution in [2.75, 3.05) is 14.2 Å². The fourth-order valence-electron chi connectivity index (χ4n) is 2.12. The molecule has 1 N–H and O–H groups in total. The molecule has 4 nitrogen and oxygen atoms in total. The molecule has 1 unspecified atom stereocenters. The molecule has 0 bridgehead atoms. The third-order valence-corrected chi connectivity index (χ3v) is 3.30. The van der Waals surface area contributed by atoms with Crippen LogP contribution >= 0.6 is 0 Å². The van der Waals surface area contributed by atoms with Crippen molar-refractivity contribution in [1.82, 2.24) is 5.32 Å². The molecule has 1 atom stereocenters. The van der Waals surface area contributed by atoms with Gasteiger partial charge in [0.25, 0.3) is 0 Å². The van der Waals surface area contributed by atoms with Gasteiger partial charge in [0.1, 0.15) is 0 Å². The number of benzene rings is 2. The summed E-state index contributed by atoms with van der Waals surface area (Å²) in [7, 11) is 2.97. The number of carbonyl (C=O) groups is 2. The van der Waals surface area contributed by atoms with Gasteiger partial charge in [-0.2, -0.15) is 0 Å². The molecule has 0 saturated heterocycles. The molecule has 20 heavy (non-hydrogen) atoms. The van der Waals surface area contributed by atoms with E-state index in [9.17, 15) is 9.59 Å². The number of nitrogens with one attached hydrogen (secondary N) is 1. The normalized spacial score (nSPS) is 12.1. The maximum absolute atomic E-state index is 12.4. The Morgan fingerprint density at radius 2 is 1.85 bits per heavy atom. The van der Waals surface area contributed by atoms with E-state index in [-0.39, 0.29) is 12.2 Å². The van der Waals surface area contributed by atoms with Gasteiger partial charge in [-0.15, -0.1) is 0 Å². The van der Waals surface area contributed by atoms with Crippen LogP contribution in [0.4, 0.5) is 0 Å². The number of ketones is 1. The van der Waals surface area contributed by atoms with E-state index < -0.39 is 12.0 Å². The quantitative estimate of drug-likeness (QED) is 0.669. The highest BCUT2D eigenvalue weighted by molar-refractivity contribution is 6.04. The number of esters is 1. The minimum atomic E-state index is -0.566. The molecule has 2 rings (SSSR count). The Labute approximate surface area is 117 Å². The highest BCUT2D eigenvalue weighted by Crippen LogP contribution is 2.17. The number of hydrogen-bond acceptors (Lipinski definition) is 4. The van der Waals surface area contributed by atoms with Crippen LogP contribution in [0.25, 0.3) is 10.8 Å². The Balaban J connectivity index is 2.27. The van der Waals surface area contributed by atoms with Crippen molar-refractivity contribution in [3.05, 3.63) is 48.0 Å². The smallest absolute Gasteiger partial charge is 0.307 e. The predicted octanol–water partition coefficient (Wildman–Crippen LogP) is 2.17. The van der Waals surface area contributed by atoms with Crippen molar-refractivity contribution >= 4 is 22.5 Å². The summed E-state index contributed by atoms with van der Waals surface area (Å²) >= 11 is 0. The van der Waals surface area contributed by atoms with Gasteiger partial charge in [0.05, 0.1) is 19.6 Å². The SMILES string of the molecule is CNC(CC(=O)OC)C(=O)c1ccc2ccccc2c1. The van der Waals surface area contributed by atoms with Crippen LogP contribution in [0.1, 0.15) is 16.8 Å². The van der Waals surface area contributed by atoms with E-state index in [1.807, 2.05) is 36.4 Å². The zero-order valence-corrected chi connectivity index (χ0v) is 11.6. The summed E-state index contributed by atoms with van der Waals surface area (Å²) in [5, 5.41) is 4.95. The van der Waals surface area contributed by atoms with Gasteiger partial charge in [-0.3, -0.25) is 9.59 Å². The number of hydrogen-bond donors (Lipinski definition) is 1. The fourth-order valence-corrected chi connectivity index (χ4v) is 2.12. The highest BCUT2D eigenvalue weighted by atomic mass is 16.5. The first-order valence-electron chi connectivity index (χ1n) is 6.43. The van der Waals surface area contributed by atoms with Crippen LogP contribution in [0, 0.1) is 0 Å². The summed E-state index contributed by atoms with van der Waals surface area (Å²) < 4.78 is 4.61. The van der Waals surface area contributed by atoms with Gasteiger partial charge in [0.15, 0.2) is 5.78 Å². The van der Waals surface area contributed by atoms with Crippen LogP contribution in [-0.2, 0) is 9.53 Å². The lowest BCUT2D eigenvalue weighted by Crippen LogP contribution is -2.36. The fraction of sp³-hybridized carbons (Fsp3) is 0.250. The summed E-state index contributed by atoms with van der Waals surface area (Å²) in [5.74, 6) is -0.512. The van der Waals surface area contributed by atoms with Crippen LogP contribution in [0.5, 0.6) is 0 Å². The molecule has 0 spiro atoms. The van der Waals surface area contributed by atoms with E-state index in [1.165, 1.54) is 7.11 Å². The maximum Gasteiger partial charge on any atom is 0.307 e. The molecule has 0 radical (unpaired) electrons. The number of likely N-dealkylation sites (N-methyl/N-ethyl adjacent to an activating group) is 1. The number of carbonyl (C=O) groups excluding carboxylic acids is 2. The summed E-state index contributed by atoms with van der Waals surface area (Å²) in [4.78, 5) is 23.7. The second-order valence-electron chi connectivity index (χ2n) is 4.55. The first-order chi connectivity index (χ1) is 9.65. The zero-order chi connectivity index (χ0) is 14.5. The van der Waals surface area contributed by atoms with E-state index >= 15 is 0 Å². The van der Waals surface area contributed by atoms with Crippen molar-refractivity contribution in [1.29, 1.82) is 0 Å². The zero-order valence-electron chi connectivity index (χ0n) is 11.6. The molecule has 0 fully saturated rings. The van der Waals surface area contributed by atoms with Gasteiger partial charge in [-0.25, -0.2) is 0 Å². The topological polar surface area (TPSA) is 55.4 Å². The molecule has 2 aromatic carbocycles. The van der Waals surface area contributed by atoms with E-state index in [0.29, 0.717) is 5.56 Å². The Bertz CT molecular complexity index is 636. The van der Waals surface area contributed by atoms with E-state index in [0.717, 1.165) is 10.8 Å². The Kier molecular flexibility index (Phi) is 4.48. The number of fused-ring (bicyclic) bond motifs is 1. The van der Waals surface area contributed by atoms with Crippen LogP contribution in [0.15, 0.2) is 42.5 Å². The molecule has 0 aliphatic rings. The van der Waals surface area contributed by atoms with Gasteiger partial charge in [0, 0.05) is 5.56 Å². The number of ether oxygens (including phenoxy) is 1. The average molecular weight is 271 g/mol. The standard InChI is InChI=1S/C16H17NO3/c1-17-14(10-15(18)20-2)16(19)13-8-7-11-5-3-4-6-12(11)9-13/h3-9,14,17H,10H2,1-2H3. The summed E-state index contributed by atoms with van der Waals surface area (Å²) in [6, 6.07) is 12.8. The predicted molar refractivity (Wildman–Crippen MR) is 77.8 cm³/mol. The lowest BCUT2D eigenvalue weighted by Gasteiger charge is -2.14. The third kappa shape index (κ3) is 3.03. The lowest BCUT2D eigenvalue weighted by molar-refractivity contribution is -0.140. The number of Topliss-reactive ketones (excluding diaryl/α,β-unsaturated/α-hetero) is 1. The molecule has 104 valence electrons. The maximum atomic E-state index is 12.4. The molecule has 0 saturated carbocycles. The summed E-state index contributed by atoms with van der Waals surface area (Å²) in [6.07, 6.45) is 0.0264. The van der Waals surface area contributed by atoms with Gasteiger partial charge < -0.3 is 10.1 Å². The molecule has 0 aliphatic carbocycles. The van der Waals surface area contributed by atoms with Crippen molar-refractivity contribution < 1.29 is 14.3 Å². The van der Waals surface area contributed by atoms with E-state index in [2.05, 4.69) is 10.1 Å². The summed E-state index contributed by atoms with van der Waals surface area (Å²) in [5.41, 5.74) is 0.590. The van der Waals surface area contributed by atoms with Crippen LogP contribution < -0.4 is 5.32 Å². The Hall–Kier alpha value is -2.20. The lowest BCUT2D eigenvalue weighted by atomic mass is 9.99. The van der Waals surface area contributed by atoms with Crippen molar-refractivity contribution in [3.63, 3.8) is 0 Å². The average Bonchev–Trinajstić information content (AvgIpc) is 2.51. The van der Waals surface area contributed by atoms with E-state index in [1.54, 1.807) is 13.1 Å². The summed E-state index contributed by atoms with van der Waals surface area (Å²) in [6.45, 7) is 0. The van der Waals surface area contributed by atoms with Crippen molar-refractivity contribution in [2.45, 2.75) is 12.5 Å². The van der Waals surface area contributed by atoms with Gasteiger partial charge in [-0.05, 0) is 23.9 Å².